The molecule has 1 aliphatic carbocycles. The second-order valence-corrected chi connectivity index (χ2v) is 9.52. The van der Waals surface area contributed by atoms with E-state index in [1.54, 1.807) is 15.2 Å². The van der Waals surface area contributed by atoms with Crippen molar-refractivity contribution in [3.8, 4) is 5.95 Å². The highest BCUT2D eigenvalue weighted by Crippen LogP contribution is 2.33. The number of unbranched alkanes of at least 4 members (excludes halogenated alkanes) is 1. The summed E-state index contributed by atoms with van der Waals surface area (Å²) in [6, 6.07) is 4.24. The van der Waals surface area contributed by atoms with Crippen molar-refractivity contribution in [1.82, 2.24) is 29.1 Å². The van der Waals surface area contributed by atoms with Gasteiger partial charge in [0.05, 0.1) is 23.2 Å². The van der Waals surface area contributed by atoms with Gasteiger partial charge >= 0.3 is 5.69 Å². The Morgan fingerprint density at radius 3 is 2.83 bits per heavy atom. The summed E-state index contributed by atoms with van der Waals surface area (Å²) in [5, 5.41) is 9.07. The highest BCUT2D eigenvalue weighted by Gasteiger charge is 2.28. The van der Waals surface area contributed by atoms with E-state index in [2.05, 4.69) is 26.9 Å². The number of aromatic amines is 1. The molecule has 1 aliphatic rings. The van der Waals surface area contributed by atoms with Crippen LogP contribution >= 0.6 is 11.6 Å². The van der Waals surface area contributed by atoms with E-state index in [1.807, 2.05) is 0 Å². The number of nitrogens with zero attached hydrogens (tertiary/aromatic N) is 5. The normalized spacial score (nSPS) is 19.5. The number of aliphatic hydroxyl groups is 1. The van der Waals surface area contributed by atoms with Gasteiger partial charge in [-0.3, -0.25) is 9.13 Å². The molecule has 1 unspecified atom stereocenters. The number of hydrogen-bond acceptors (Lipinski definition) is 6. The standard InChI is InChI=1S/C24H28ClFN6O3/c1-14(4-2-3-11-33)35-17-8-6-16(7-9-17)32-22-20(28-24(32)34)21(25)29-23(30-22)31-13-27-18-10-5-15(26)12-19(18)31/h5,10,12-14,16-17,33H,2-4,6-9,11H2,1H3,(H,28,34). The molecule has 1 saturated carbocycles. The summed E-state index contributed by atoms with van der Waals surface area (Å²) in [5.41, 5.74) is 1.63. The van der Waals surface area contributed by atoms with Crippen LogP contribution in [0.4, 0.5) is 4.39 Å². The first kappa shape index (κ1) is 23.9. The number of rotatable bonds is 8. The molecular formula is C24H28ClFN6O3. The SMILES string of the molecule is CC(CCCCO)OC1CCC(n2c(=O)[nH]c3c(Cl)nc(-n4cnc5ccc(F)cc54)nc32)CC1. The molecular weight excluding hydrogens is 475 g/mol. The summed E-state index contributed by atoms with van der Waals surface area (Å²) in [6.45, 7) is 2.28. The lowest BCUT2D eigenvalue weighted by Crippen LogP contribution is -2.30. The van der Waals surface area contributed by atoms with Crippen LogP contribution in [0.5, 0.6) is 0 Å². The Morgan fingerprint density at radius 1 is 1.26 bits per heavy atom. The smallest absolute Gasteiger partial charge is 0.328 e. The zero-order valence-electron chi connectivity index (χ0n) is 19.5. The predicted octanol–water partition coefficient (Wildman–Crippen LogP) is 4.30. The number of fused-ring (bicyclic) bond motifs is 2. The molecule has 5 rings (SSSR count). The van der Waals surface area contributed by atoms with Gasteiger partial charge in [-0.25, -0.2) is 14.2 Å². The van der Waals surface area contributed by atoms with E-state index in [0.717, 1.165) is 44.9 Å². The largest absolute Gasteiger partial charge is 0.396 e. The number of halogens is 2. The molecule has 0 radical (unpaired) electrons. The van der Waals surface area contributed by atoms with Gasteiger partial charge in [0.2, 0.25) is 5.95 Å². The molecule has 11 heteroatoms. The number of hydrogen-bond donors (Lipinski definition) is 2. The molecule has 2 N–H and O–H groups in total. The third-order valence-corrected chi connectivity index (χ3v) is 6.96. The molecule has 9 nitrogen and oxygen atoms in total. The highest BCUT2D eigenvalue weighted by molar-refractivity contribution is 6.33. The van der Waals surface area contributed by atoms with Gasteiger partial charge in [-0.2, -0.15) is 9.97 Å². The Balaban J connectivity index is 1.40. The molecule has 0 saturated heterocycles. The number of nitrogens with one attached hydrogen (secondary N) is 1. The number of benzene rings is 1. The Bertz CT molecular complexity index is 1390. The fourth-order valence-corrected chi connectivity index (χ4v) is 5.13. The van der Waals surface area contributed by atoms with Crippen molar-refractivity contribution in [3.05, 3.63) is 46.0 Å². The molecule has 4 aromatic rings. The zero-order chi connectivity index (χ0) is 24.5. The molecule has 0 bridgehead atoms. The average molecular weight is 503 g/mol. The maximum Gasteiger partial charge on any atom is 0.328 e. The molecule has 1 atom stereocenters. The number of aromatic nitrogens is 6. The van der Waals surface area contributed by atoms with E-state index < -0.39 is 5.82 Å². The van der Waals surface area contributed by atoms with Crippen molar-refractivity contribution >= 4 is 33.8 Å². The molecule has 1 aromatic carbocycles. The van der Waals surface area contributed by atoms with Crippen molar-refractivity contribution in [2.75, 3.05) is 6.61 Å². The van der Waals surface area contributed by atoms with Gasteiger partial charge in [-0.1, -0.05) is 11.6 Å². The Morgan fingerprint density at radius 2 is 2.06 bits per heavy atom. The molecule has 3 aromatic heterocycles. The molecule has 35 heavy (non-hydrogen) atoms. The van der Waals surface area contributed by atoms with Gasteiger partial charge in [0.1, 0.15) is 17.7 Å². The van der Waals surface area contributed by atoms with E-state index in [0.29, 0.717) is 22.2 Å². The molecule has 0 amide bonds. The summed E-state index contributed by atoms with van der Waals surface area (Å²) < 4.78 is 23.3. The van der Waals surface area contributed by atoms with Crippen molar-refractivity contribution in [2.45, 2.75) is 70.1 Å². The van der Waals surface area contributed by atoms with Crippen LogP contribution in [0.25, 0.3) is 28.1 Å². The number of imidazole rings is 2. The van der Waals surface area contributed by atoms with Gasteiger partial charge in [-0.15, -0.1) is 0 Å². The van der Waals surface area contributed by atoms with Gasteiger partial charge in [0.25, 0.3) is 0 Å². The summed E-state index contributed by atoms with van der Waals surface area (Å²) in [6.07, 6.45) is 7.69. The predicted molar refractivity (Wildman–Crippen MR) is 131 cm³/mol. The Kier molecular flexibility index (Phi) is 6.86. The number of ether oxygens (including phenoxy) is 1. The molecule has 1 fully saturated rings. The molecule has 3 heterocycles. The second kappa shape index (κ2) is 10.0. The van der Waals surface area contributed by atoms with Crippen molar-refractivity contribution < 1.29 is 14.2 Å². The Hall–Kier alpha value is -2.82. The zero-order valence-corrected chi connectivity index (χ0v) is 20.2. The summed E-state index contributed by atoms with van der Waals surface area (Å²) in [4.78, 5) is 29.0. The summed E-state index contributed by atoms with van der Waals surface area (Å²) in [5.74, 6) is -0.177. The van der Waals surface area contributed by atoms with Crippen LogP contribution in [0.15, 0.2) is 29.3 Å². The van der Waals surface area contributed by atoms with Gasteiger partial charge in [0.15, 0.2) is 10.8 Å². The lowest BCUT2D eigenvalue weighted by atomic mass is 9.92. The third-order valence-electron chi connectivity index (χ3n) is 6.69. The monoisotopic (exact) mass is 502 g/mol. The van der Waals surface area contributed by atoms with Crippen LogP contribution in [0.3, 0.4) is 0 Å². The van der Waals surface area contributed by atoms with Gasteiger partial charge < -0.3 is 14.8 Å². The third kappa shape index (κ3) is 4.82. The van der Waals surface area contributed by atoms with E-state index in [-0.39, 0.29) is 41.6 Å². The van der Waals surface area contributed by atoms with Gasteiger partial charge in [-0.05, 0) is 64.0 Å². The lowest BCUT2D eigenvalue weighted by Gasteiger charge is -2.31. The minimum absolute atomic E-state index is 0.0448. The first-order chi connectivity index (χ1) is 16.9. The van der Waals surface area contributed by atoms with E-state index >= 15 is 0 Å². The van der Waals surface area contributed by atoms with E-state index in [4.69, 9.17) is 21.4 Å². The van der Waals surface area contributed by atoms with Crippen LogP contribution < -0.4 is 5.69 Å². The van der Waals surface area contributed by atoms with Crippen LogP contribution in [-0.4, -0.2) is 53.0 Å². The van der Waals surface area contributed by atoms with E-state index in [9.17, 15) is 9.18 Å². The summed E-state index contributed by atoms with van der Waals surface area (Å²) >= 11 is 6.44. The van der Waals surface area contributed by atoms with E-state index in [1.165, 1.54) is 18.5 Å². The van der Waals surface area contributed by atoms with Crippen LogP contribution in [0.1, 0.15) is 57.9 Å². The minimum atomic E-state index is -0.397. The quantitative estimate of drug-likeness (QED) is 0.274. The van der Waals surface area contributed by atoms with Crippen molar-refractivity contribution in [2.24, 2.45) is 0 Å². The van der Waals surface area contributed by atoms with Crippen LogP contribution in [0, 0.1) is 5.82 Å². The van der Waals surface area contributed by atoms with Crippen molar-refractivity contribution in [1.29, 1.82) is 0 Å². The molecule has 0 aliphatic heterocycles. The fraction of sp³-hybridized carbons (Fsp3) is 0.500. The first-order valence-corrected chi connectivity index (χ1v) is 12.4. The topological polar surface area (TPSA) is 111 Å². The Labute approximate surface area is 205 Å². The maximum atomic E-state index is 13.9. The first-order valence-electron chi connectivity index (χ1n) is 12.0. The molecule has 0 spiro atoms. The summed E-state index contributed by atoms with van der Waals surface area (Å²) in [7, 11) is 0. The van der Waals surface area contributed by atoms with Crippen LogP contribution in [-0.2, 0) is 4.74 Å². The molecule has 186 valence electrons. The average Bonchev–Trinajstić information content (AvgIpc) is 3.40. The lowest BCUT2D eigenvalue weighted by molar-refractivity contribution is -0.0313. The van der Waals surface area contributed by atoms with Crippen molar-refractivity contribution in [3.63, 3.8) is 0 Å². The second-order valence-electron chi connectivity index (χ2n) is 9.16. The van der Waals surface area contributed by atoms with Crippen LogP contribution in [0.2, 0.25) is 5.15 Å². The minimum Gasteiger partial charge on any atom is -0.396 e. The highest BCUT2D eigenvalue weighted by atomic mass is 35.5. The number of H-pyrrole nitrogens is 1. The fourth-order valence-electron chi connectivity index (χ4n) is 4.92. The number of aliphatic hydroxyl groups excluding tert-OH is 1. The van der Waals surface area contributed by atoms with Gasteiger partial charge in [0, 0.05) is 18.7 Å². The maximum absolute atomic E-state index is 13.9.